The van der Waals surface area contributed by atoms with Gasteiger partial charge in [-0.3, -0.25) is 4.79 Å². The van der Waals surface area contributed by atoms with Gasteiger partial charge in [0.1, 0.15) is 4.34 Å². The first-order chi connectivity index (χ1) is 12.0. The van der Waals surface area contributed by atoms with Crippen molar-refractivity contribution in [2.24, 2.45) is 0 Å². The molecule has 7 heteroatoms. The molecule has 0 spiro atoms. The van der Waals surface area contributed by atoms with Crippen molar-refractivity contribution in [1.29, 1.82) is 0 Å². The van der Waals surface area contributed by atoms with E-state index < -0.39 is 5.97 Å². The van der Waals surface area contributed by atoms with Gasteiger partial charge in [0.25, 0.3) is 0 Å². The third kappa shape index (κ3) is 5.76. The predicted molar refractivity (Wildman–Crippen MR) is 105 cm³/mol. The number of nitrogens with zero attached hydrogens (tertiary/aromatic N) is 1. The maximum Gasteiger partial charge on any atom is 0.303 e. The number of anilines is 2. The van der Waals surface area contributed by atoms with E-state index in [1.165, 1.54) is 11.3 Å². The van der Waals surface area contributed by atoms with Crippen molar-refractivity contribution in [3.05, 3.63) is 39.5 Å². The van der Waals surface area contributed by atoms with Crippen molar-refractivity contribution in [2.45, 2.75) is 39.5 Å². The Morgan fingerprint density at radius 2 is 2.12 bits per heavy atom. The van der Waals surface area contributed by atoms with Crippen molar-refractivity contribution >= 4 is 51.6 Å². The van der Waals surface area contributed by atoms with Crippen LogP contribution in [-0.2, 0) is 4.79 Å². The van der Waals surface area contributed by atoms with Crippen LogP contribution in [0.15, 0.2) is 29.6 Å². The molecule has 2 aromatic heterocycles. The molecule has 0 amide bonds. The molecule has 0 aliphatic carbocycles. The standard InChI is InChI=1S/C12H10ClN3S.C6H12O2/c1-7-6-17-11(13)10(7)16-12-14-8-4-2-3-5-9(8)15-12;1-2-3-4-5-6(7)8/h2-6H,1H3,(H2,14,15,16);2-5H2,1H3,(H,7,8). The predicted octanol–water partition coefficient (Wildman–Crippen LogP) is 5.98. The Bertz CT molecular complexity index is 776. The molecule has 0 unspecified atom stereocenters. The molecule has 0 aliphatic rings. The lowest BCUT2D eigenvalue weighted by Gasteiger charge is -2.01. The molecule has 2 heterocycles. The summed E-state index contributed by atoms with van der Waals surface area (Å²) in [6, 6.07) is 7.91. The number of aliphatic carboxylic acids is 1. The SMILES string of the molecule is CCCCCC(=O)O.Cc1csc(Cl)c1Nc1nc2ccccc2[nH]1. The summed E-state index contributed by atoms with van der Waals surface area (Å²) in [7, 11) is 0. The number of para-hydroxylation sites is 2. The van der Waals surface area contributed by atoms with E-state index in [9.17, 15) is 4.79 Å². The molecule has 5 nitrogen and oxygen atoms in total. The summed E-state index contributed by atoms with van der Waals surface area (Å²) in [4.78, 5) is 17.5. The minimum absolute atomic E-state index is 0.327. The van der Waals surface area contributed by atoms with E-state index in [0.717, 1.165) is 51.8 Å². The number of carbonyl (C=O) groups is 1. The number of fused-ring (bicyclic) bond motifs is 1. The number of thiophene rings is 1. The monoisotopic (exact) mass is 379 g/mol. The minimum atomic E-state index is -0.682. The molecule has 0 bridgehead atoms. The summed E-state index contributed by atoms with van der Waals surface area (Å²) in [5.74, 6) is 0.0352. The van der Waals surface area contributed by atoms with Crippen molar-refractivity contribution in [2.75, 3.05) is 5.32 Å². The molecular formula is C18H22ClN3O2S. The quantitative estimate of drug-likeness (QED) is 0.460. The zero-order valence-electron chi connectivity index (χ0n) is 14.3. The average Bonchev–Trinajstić information content (AvgIpc) is 3.13. The Hall–Kier alpha value is -2.05. The van der Waals surface area contributed by atoms with Crippen molar-refractivity contribution in [3.8, 4) is 0 Å². The van der Waals surface area contributed by atoms with E-state index in [1.807, 2.05) is 36.6 Å². The third-order valence-corrected chi connectivity index (χ3v) is 4.90. The second kappa shape index (κ2) is 9.44. The molecule has 0 saturated carbocycles. The van der Waals surface area contributed by atoms with Gasteiger partial charge in [0.2, 0.25) is 5.95 Å². The topological polar surface area (TPSA) is 78.0 Å². The Kier molecular flexibility index (Phi) is 7.28. The van der Waals surface area contributed by atoms with Gasteiger partial charge in [0.05, 0.1) is 16.7 Å². The molecule has 1 aromatic carbocycles. The van der Waals surface area contributed by atoms with Crippen molar-refractivity contribution in [1.82, 2.24) is 9.97 Å². The van der Waals surface area contributed by atoms with Crippen molar-refractivity contribution in [3.63, 3.8) is 0 Å². The smallest absolute Gasteiger partial charge is 0.303 e. The first-order valence-electron chi connectivity index (χ1n) is 8.18. The van der Waals surface area contributed by atoms with Crippen LogP contribution in [0.2, 0.25) is 4.34 Å². The zero-order valence-corrected chi connectivity index (χ0v) is 15.9. The van der Waals surface area contributed by atoms with E-state index in [0.29, 0.717) is 6.42 Å². The van der Waals surface area contributed by atoms with Gasteiger partial charge in [-0.05, 0) is 36.4 Å². The number of nitrogens with one attached hydrogen (secondary N) is 2. The number of aromatic amines is 1. The van der Waals surface area contributed by atoms with E-state index >= 15 is 0 Å². The number of aryl methyl sites for hydroxylation is 1. The number of H-pyrrole nitrogens is 1. The molecule has 134 valence electrons. The number of rotatable bonds is 6. The molecule has 3 rings (SSSR count). The van der Waals surface area contributed by atoms with Gasteiger partial charge in [0.15, 0.2) is 0 Å². The highest BCUT2D eigenvalue weighted by Crippen LogP contribution is 2.34. The lowest BCUT2D eigenvalue weighted by atomic mass is 10.2. The number of imidazole rings is 1. The van der Waals surface area contributed by atoms with E-state index in [2.05, 4.69) is 22.2 Å². The highest BCUT2D eigenvalue weighted by atomic mass is 35.5. The maximum atomic E-state index is 9.87. The first kappa shape index (κ1) is 19.3. The lowest BCUT2D eigenvalue weighted by molar-refractivity contribution is -0.137. The normalized spacial score (nSPS) is 10.4. The summed E-state index contributed by atoms with van der Waals surface area (Å²) < 4.78 is 0.753. The second-order valence-corrected chi connectivity index (χ2v) is 7.13. The lowest BCUT2D eigenvalue weighted by Crippen LogP contribution is -1.92. The van der Waals surface area contributed by atoms with E-state index in [-0.39, 0.29) is 0 Å². The maximum absolute atomic E-state index is 9.87. The number of halogens is 1. The van der Waals surface area contributed by atoms with Crippen LogP contribution in [0.25, 0.3) is 11.0 Å². The van der Waals surface area contributed by atoms with Gasteiger partial charge in [-0.15, -0.1) is 11.3 Å². The summed E-state index contributed by atoms with van der Waals surface area (Å²) in [5.41, 5.74) is 4.01. The van der Waals surface area contributed by atoms with Crippen molar-refractivity contribution < 1.29 is 9.90 Å². The van der Waals surface area contributed by atoms with Gasteiger partial charge in [-0.1, -0.05) is 43.5 Å². The van der Waals surface area contributed by atoms with Crippen LogP contribution in [-0.4, -0.2) is 21.0 Å². The largest absolute Gasteiger partial charge is 0.481 e. The summed E-state index contributed by atoms with van der Waals surface area (Å²) in [6.45, 7) is 4.08. The Labute approximate surface area is 156 Å². The molecule has 0 saturated heterocycles. The number of hydrogen-bond donors (Lipinski definition) is 3. The van der Waals surface area contributed by atoms with Gasteiger partial charge in [-0.2, -0.15) is 0 Å². The van der Waals surface area contributed by atoms with Gasteiger partial charge in [-0.25, -0.2) is 4.98 Å². The summed E-state index contributed by atoms with van der Waals surface area (Å²) in [5, 5.41) is 13.4. The molecule has 0 atom stereocenters. The number of carboxylic acid groups (broad SMARTS) is 1. The molecule has 3 N–H and O–H groups in total. The number of unbranched alkanes of at least 4 members (excludes halogenated alkanes) is 2. The van der Waals surface area contributed by atoms with E-state index in [4.69, 9.17) is 16.7 Å². The fourth-order valence-corrected chi connectivity index (χ4v) is 3.28. The Balaban J connectivity index is 0.000000242. The van der Waals surface area contributed by atoms with Crippen LogP contribution in [0.1, 0.15) is 38.2 Å². The van der Waals surface area contributed by atoms with Gasteiger partial charge < -0.3 is 15.4 Å². The van der Waals surface area contributed by atoms with Gasteiger partial charge >= 0.3 is 5.97 Å². The number of benzene rings is 1. The van der Waals surface area contributed by atoms with Crippen LogP contribution in [0.4, 0.5) is 11.6 Å². The van der Waals surface area contributed by atoms with Crippen LogP contribution >= 0.6 is 22.9 Å². The molecular weight excluding hydrogens is 358 g/mol. The Morgan fingerprint density at radius 1 is 1.36 bits per heavy atom. The summed E-state index contributed by atoms with van der Waals surface area (Å²) >= 11 is 7.63. The average molecular weight is 380 g/mol. The van der Waals surface area contributed by atoms with Crippen LogP contribution in [0, 0.1) is 6.92 Å². The van der Waals surface area contributed by atoms with Crippen LogP contribution in [0.5, 0.6) is 0 Å². The molecule has 25 heavy (non-hydrogen) atoms. The number of hydrogen-bond acceptors (Lipinski definition) is 4. The Morgan fingerprint density at radius 3 is 2.72 bits per heavy atom. The highest BCUT2D eigenvalue weighted by molar-refractivity contribution is 7.15. The van der Waals surface area contributed by atoms with E-state index in [1.54, 1.807) is 0 Å². The number of carboxylic acids is 1. The molecule has 0 radical (unpaired) electrons. The third-order valence-electron chi connectivity index (χ3n) is 3.56. The molecule has 0 aliphatic heterocycles. The van der Waals surface area contributed by atoms with Crippen LogP contribution in [0.3, 0.4) is 0 Å². The fraction of sp³-hybridized carbons (Fsp3) is 0.333. The number of aromatic nitrogens is 2. The fourth-order valence-electron chi connectivity index (χ4n) is 2.22. The zero-order chi connectivity index (χ0) is 18.2. The van der Waals surface area contributed by atoms with Crippen LogP contribution < -0.4 is 5.32 Å². The summed E-state index contributed by atoms with van der Waals surface area (Å²) in [6.07, 6.45) is 3.28. The van der Waals surface area contributed by atoms with Gasteiger partial charge in [0, 0.05) is 6.42 Å². The first-order valence-corrected chi connectivity index (χ1v) is 9.44. The highest BCUT2D eigenvalue weighted by Gasteiger charge is 2.09. The second-order valence-electron chi connectivity index (χ2n) is 5.65. The minimum Gasteiger partial charge on any atom is -0.481 e. The molecule has 0 fully saturated rings. The molecule has 3 aromatic rings.